The van der Waals surface area contributed by atoms with Crippen LogP contribution in [-0.4, -0.2) is 11.6 Å². The number of hydrogen-bond donors (Lipinski definition) is 0. The Labute approximate surface area is 128 Å². The molecule has 116 valence electrons. The molecule has 0 aromatic heterocycles. The zero-order chi connectivity index (χ0) is 14.8. The average molecular weight is 288 g/mol. The van der Waals surface area contributed by atoms with Crippen molar-refractivity contribution in [2.75, 3.05) is 0 Å². The van der Waals surface area contributed by atoms with Gasteiger partial charge in [0.15, 0.2) is 0 Å². The van der Waals surface area contributed by atoms with E-state index >= 15 is 0 Å². The van der Waals surface area contributed by atoms with E-state index < -0.39 is 0 Å². The second-order valence-corrected chi connectivity index (χ2v) is 8.82. The van der Waals surface area contributed by atoms with Crippen molar-refractivity contribution in [1.29, 1.82) is 0 Å². The van der Waals surface area contributed by atoms with Crippen molar-refractivity contribution in [3.63, 3.8) is 0 Å². The summed E-state index contributed by atoms with van der Waals surface area (Å²) in [5.74, 6) is 3.82. The summed E-state index contributed by atoms with van der Waals surface area (Å²) in [4.78, 5) is 24.2. The van der Waals surface area contributed by atoms with E-state index in [9.17, 15) is 9.59 Å². The van der Waals surface area contributed by atoms with E-state index in [0.717, 1.165) is 50.4 Å². The lowest BCUT2D eigenvalue weighted by molar-refractivity contribution is -0.144. The third-order valence-electron chi connectivity index (χ3n) is 8.19. The Morgan fingerprint density at radius 2 is 1.71 bits per heavy atom. The molecular formula is C19H28O2. The number of fused-ring (bicyclic) bond motifs is 5. The lowest BCUT2D eigenvalue weighted by Gasteiger charge is -2.59. The smallest absolute Gasteiger partial charge is 0.139 e. The van der Waals surface area contributed by atoms with Crippen molar-refractivity contribution in [1.82, 2.24) is 0 Å². The molecule has 2 nitrogen and oxygen atoms in total. The van der Waals surface area contributed by atoms with E-state index in [-0.39, 0.29) is 5.41 Å². The topological polar surface area (TPSA) is 34.1 Å². The van der Waals surface area contributed by atoms with Gasteiger partial charge in [0.05, 0.1) is 0 Å². The minimum atomic E-state index is -0.00511. The lowest BCUT2D eigenvalue weighted by atomic mass is 9.45. The predicted octanol–water partition coefficient (Wildman–Crippen LogP) is 4.17. The molecule has 0 heterocycles. The summed E-state index contributed by atoms with van der Waals surface area (Å²) in [5, 5.41) is 0. The maximum atomic E-state index is 12.4. The van der Waals surface area contributed by atoms with E-state index in [1.807, 2.05) is 0 Å². The second kappa shape index (κ2) is 4.43. The molecule has 0 radical (unpaired) electrons. The van der Waals surface area contributed by atoms with Crippen molar-refractivity contribution in [3.8, 4) is 0 Å². The molecule has 6 atom stereocenters. The highest BCUT2D eigenvalue weighted by molar-refractivity contribution is 5.87. The largest absolute Gasteiger partial charge is 0.300 e. The van der Waals surface area contributed by atoms with Crippen molar-refractivity contribution in [2.45, 2.75) is 71.6 Å². The summed E-state index contributed by atoms with van der Waals surface area (Å²) in [7, 11) is 0. The van der Waals surface area contributed by atoms with Crippen molar-refractivity contribution in [3.05, 3.63) is 0 Å². The predicted molar refractivity (Wildman–Crippen MR) is 81.7 cm³/mol. The SMILES string of the molecule is C[C@]12CCC3[C@@H](CC[C@H]4CC(=O)CC[C@]34C)C1CCC2=O. The zero-order valence-corrected chi connectivity index (χ0v) is 13.5. The van der Waals surface area contributed by atoms with Crippen LogP contribution in [0.25, 0.3) is 0 Å². The van der Waals surface area contributed by atoms with Crippen LogP contribution in [0.1, 0.15) is 71.6 Å². The quantitative estimate of drug-likeness (QED) is 0.670. The highest BCUT2D eigenvalue weighted by atomic mass is 16.1. The number of carbonyl (C=O) groups is 2. The normalized spacial score (nSPS) is 53.0. The number of hydrogen-bond acceptors (Lipinski definition) is 2. The van der Waals surface area contributed by atoms with Crippen molar-refractivity contribution >= 4 is 11.6 Å². The summed E-state index contributed by atoms with van der Waals surface area (Å²) in [6.07, 6.45) is 9.53. The van der Waals surface area contributed by atoms with E-state index in [1.165, 1.54) is 19.3 Å². The number of ketones is 2. The summed E-state index contributed by atoms with van der Waals surface area (Å²) < 4.78 is 0. The van der Waals surface area contributed by atoms with Gasteiger partial charge < -0.3 is 0 Å². The number of carbonyl (C=O) groups excluding carboxylic acids is 2. The molecular weight excluding hydrogens is 260 g/mol. The Bertz CT molecular complexity index is 496. The fraction of sp³-hybridized carbons (Fsp3) is 0.895. The maximum Gasteiger partial charge on any atom is 0.139 e. The highest BCUT2D eigenvalue weighted by Crippen LogP contribution is 2.65. The molecule has 4 fully saturated rings. The van der Waals surface area contributed by atoms with Gasteiger partial charge in [0, 0.05) is 24.7 Å². The van der Waals surface area contributed by atoms with Gasteiger partial charge in [-0.3, -0.25) is 9.59 Å². The summed E-state index contributed by atoms with van der Waals surface area (Å²) in [6.45, 7) is 4.72. The van der Waals surface area contributed by atoms with Crippen LogP contribution in [0.4, 0.5) is 0 Å². The monoisotopic (exact) mass is 288 g/mol. The Hall–Kier alpha value is -0.660. The van der Waals surface area contributed by atoms with Crippen LogP contribution in [0, 0.1) is 34.5 Å². The molecule has 0 spiro atoms. The second-order valence-electron chi connectivity index (χ2n) is 8.82. The molecule has 0 N–H and O–H groups in total. The van der Waals surface area contributed by atoms with Crippen LogP contribution >= 0.6 is 0 Å². The fourth-order valence-corrected chi connectivity index (χ4v) is 6.82. The van der Waals surface area contributed by atoms with Crippen molar-refractivity contribution < 1.29 is 9.59 Å². The van der Waals surface area contributed by atoms with E-state index in [4.69, 9.17) is 0 Å². The molecule has 0 amide bonds. The number of rotatable bonds is 0. The maximum absolute atomic E-state index is 12.4. The Balaban J connectivity index is 1.65. The van der Waals surface area contributed by atoms with Gasteiger partial charge in [-0.05, 0) is 67.6 Å². The van der Waals surface area contributed by atoms with Crippen molar-refractivity contribution in [2.24, 2.45) is 34.5 Å². The van der Waals surface area contributed by atoms with Crippen LogP contribution < -0.4 is 0 Å². The average Bonchev–Trinajstić information content (AvgIpc) is 2.76. The molecule has 4 saturated carbocycles. The first kappa shape index (κ1) is 14.0. The van der Waals surface area contributed by atoms with Gasteiger partial charge in [0.1, 0.15) is 11.6 Å². The summed E-state index contributed by atoms with van der Waals surface area (Å²) in [6, 6.07) is 0. The molecule has 0 aromatic rings. The van der Waals surface area contributed by atoms with Gasteiger partial charge in [-0.15, -0.1) is 0 Å². The standard InChI is InChI=1S/C19H28O2/c1-18-9-7-13(20)11-12(18)3-4-14-15-5-6-17(21)19(15,2)10-8-16(14)18/h12,14-16H,3-11H2,1-2H3/t12-,14-,15?,16?,18-,19-/m0/s1. The van der Waals surface area contributed by atoms with E-state index in [2.05, 4.69) is 13.8 Å². The van der Waals surface area contributed by atoms with Gasteiger partial charge in [0.2, 0.25) is 0 Å². The Morgan fingerprint density at radius 1 is 0.905 bits per heavy atom. The molecule has 0 saturated heterocycles. The third kappa shape index (κ3) is 1.77. The number of Topliss-reactive ketones (excluding diaryl/α,β-unsaturated/α-hetero) is 2. The van der Waals surface area contributed by atoms with Gasteiger partial charge in [-0.2, -0.15) is 0 Å². The van der Waals surface area contributed by atoms with Gasteiger partial charge in [-0.1, -0.05) is 13.8 Å². The van der Waals surface area contributed by atoms with Gasteiger partial charge >= 0.3 is 0 Å². The minimum Gasteiger partial charge on any atom is -0.300 e. The molecule has 4 rings (SSSR count). The first-order chi connectivity index (χ1) is 9.95. The van der Waals surface area contributed by atoms with Crippen LogP contribution in [0.3, 0.4) is 0 Å². The first-order valence-electron chi connectivity index (χ1n) is 9.00. The molecule has 21 heavy (non-hydrogen) atoms. The van der Waals surface area contributed by atoms with E-state index in [0.29, 0.717) is 28.8 Å². The van der Waals surface area contributed by atoms with Crippen LogP contribution in [-0.2, 0) is 9.59 Å². The van der Waals surface area contributed by atoms with E-state index in [1.54, 1.807) is 0 Å². The van der Waals surface area contributed by atoms with Crippen LogP contribution in [0.5, 0.6) is 0 Å². The molecule has 0 aromatic carbocycles. The Morgan fingerprint density at radius 3 is 2.52 bits per heavy atom. The van der Waals surface area contributed by atoms with Gasteiger partial charge in [-0.25, -0.2) is 0 Å². The molecule has 2 unspecified atom stereocenters. The highest BCUT2D eigenvalue weighted by Gasteiger charge is 2.60. The third-order valence-corrected chi connectivity index (χ3v) is 8.19. The van der Waals surface area contributed by atoms with Gasteiger partial charge in [0.25, 0.3) is 0 Å². The Kier molecular flexibility index (Phi) is 2.94. The zero-order valence-electron chi connectivity index (χ0n) is 13.5. The van der Waals surface area contributed by atoms with Crippen LogP contribution in [0.15, 0.2) is 0 Å². The molecule has 4 aliphatic carbocycles. The molecule has 0 bridgehead atoms. The summed E-state index contributed by atoms with van der Waals surface area (Å²) >= 11 is 0. The summed E-state index contributed by atoms with van der Waals surface area (Å²) in [5.41, 5.74) is 0.374. The van der Waals surface area contributed by atoms with Crippen LogP contribution in [0.2, 0.25) is 0 Å². The fourth-order valence-electron chi connectivity index (χ4n) is 6.82. The molecule has 4 aliphatic rings. The minimum absolute atomic E-state index is 0.00511. The first-order valence-corrected chi connectivity index (χ1v) is 9.00. The lowest BCUT2D eigenvalue weighted by Crippen LogP contribution is -2.53. The molecule has 0 aliphatic heterocycles. The molecule has 2 heteroatoms.